The molecular weight excluding hydrogens is 617 g/mol. The van der Waals surface area contributed by atoms with E-state index in [2.05, 4.69) is 175 Å². The predicted octanol–water partition coefficient (Wildman–Crippen LogP) is 12.6. The number of thiophene rings is 1. The monoisotopic (exact) mass is 652 g/mol. The van der Waals surface area contributed by atoms with Crippen LogP contribution in [0, 0.1) is 6.92 Å². The number of nitrogens with zero attached hydrogens (tertiary/aromatic N) is 2. The second-order valence-corrected chi connectivity index (χ2v) is 14.5. The first kappa shape index (κ1) is 29.6. The Morgan fingerprint density at radius 1 is 0.612 bits per heavy atom. The molecule has 0 saturated carbocycles. The molecule has 0 aliphatic heterocycles. The smallest absolute Gasteiger partial charge is 0.121 e. The minimum Gasteiger partial charge on any atom is -0.497 e. The number of rotatable bonds is 6. The molecule has 0 bridgehead atoms. The van der Waals surface area contributed by atoms with Gasteiger partial charge in [0.25, 0.3) is 0 Å². The van der Waals surface area contributed by atoms with Crippen molar-refractivity contribution in [2.75, 3.05) is 12.0 Å². The zero-order valence-electron chi connectivity index (χ0n) is 28.1. The van der Waals surface area contributed by atoms with Gasteiger partial charge >= 0.3 is 0 Å². The molecule has 1 aliphatic carbocycles. The van der Waals surface area contributed by atoms with Crippen LogP contribution in [-0.4, -0.2) is 11.7 Å². The van der Waals surface area contributed by atoms with Gasteiger partial charge in [0, 0.05) is 44.2 Å². The van der Waals surface area contributed by atoms with Crippen molar-refractivity contribution in [3.8, 4) is 33.0 Å². The van der Waals surface area contributed by atoms with E-state index in [-0.39, 0.29) is 5.41 Å². The molecule has 3 nitrogen and oxygen atoms in total. The first-order valence-electron chi connectivity index (χ1n) is 16.8. The number of anilines is 3. The topological polar surface area (TPSA) is 17.4 Å². The Hall–Kier alpha value is -5.58. The van der Waals surface area contributed by atoms with Gasteiger partial charge in [-0.3, -0.25) is 0 Å². The maximum atomic E-state index is 5.69. The highest BCUT2D eigenvalue weighted by molar-refractivity contribution is 7.13. The van der Waals surface area contributed by atoms with Crippen molar-refractivity contribution in [3.05, 3.63) is 162 Å². The van der Waals surface area contributed by atoms with E-state index in [1.165, 1.54) is 49.0 Å². The van der Waals surface area contributed by atoms with Crippen LogP contribution >= 0.6 is 11.3 Å². The molecule has 8 aromatic rings. The molecule has 0 radical (unpaired) electrons. The molecule has 238 valence electrons. The molecule has 6 aromatic carbocycles. The highest BCUT2D eigenvalue weighted by atomic mass is 32.1. The summed E-state index contributed by atoms with van der Waals surface area (Å²) in [4.78, 5) is 3.69. The molecule has 0 amide bonds. The second kappa shape index (κ2) is 11.3. The lowest BCUT2D eigenvalue weighted by Gasteiger charge is -2.28. The van der Waals surface area contributed by atoms with Gasteiger partial charge < -0.3 is 14.2 Å². The minimum atomic E-state index is -0.0944. The molecule has 2 aromatic heterocycles. The summed E-state index contributed by atoms with van der Waals surface area (Å²) >= 11 is 1.77. The Labute approximate surface area is 291 Å². The molecule has 0 atom stereocenters. The van der Waals surface area contributed by atoms with Crippen molar-refractivity contribution >= 4 is 50.2 Å². The first-order valence-corrected chi connectivity index (χ1v) is 17.7. The average molecular weight is 653 g/mol. The van der Waals surface area contributed by atoms with E-state index < -0.39 is 0 Å². The van der Waals surface area contributed by atoms with Crippen LogP contribution in [0.15, 0.2) is 145 Å². The number of aromatic nitrogens is 1. The number of hydrogen-bond donors (Lipinski definition) is 0. The van der Waals surface area contributed by atoms with Gasteiger partial charge in [-0.05, 0) is 112 Å². The van der Waals surface area contributed by atoms with Crippen LogP contribution in [0.2, 0.25) is 0 Å². The Morgan fingerprint density at radius 3 is 2.14 bits per heavy atom. The van der Waals surface area contributed by atoms with Crippen molar-refractivity contribution in [1.29, 1.82) is 0 Å². The lowest BCUT2D eigenvalue weighted by atomic mass is 9.82. The van der Waals surface area contributed by atoms with Crippen molar-refractivity contribution in [3.63, 3.8) is 0 Å². The molecule has 0 saturated heterocycles. The maximum absolute atomic E-state index is 5.69. The zero-order chi connectivity index (χ0) is 33.3. The Bertz CT molecular complexity index is 2520. The molecule has 4 heteroatoms. The molecule has 0 fully saturated rings. The van der Waals surface area contributed by atoms with E-state index in [9.17, 15) is 0 Å². The van der Waals surface area contributed by atoms with Gasteiger partial charge in [-0.25, -0.2) is 0 Å². The van der Waals surface area contributed by atoms with Gasteiger partial charge in [0.1, 0.15) is 5.75 Å². The summed E-state index contributed by atoms with van der Waals surface area (Å²) in [5, 5.41) is 4.57. The third kappa shape index (κ3) is 4.70. The third-order valence-electron chi connectivity index (χ3n) is 10.2. The number of aryl methyl sites for hydroxylation is 1. The van der Waals surface area contributed by atoms with Crippen LogP contribution in [-0.2, 0) is 5.41 Å². The van der Waals surface area contributed by atoms with Crippen LogP contribution in [0.4, 0.5) is 17.1 Å². The molecule has 49 heavy (non-hydrogen) atoms. The van der Waals surface area contributed by atoms with E-state index in [1.54, 1.807) is 18.4 Å². The average Bonchev–Trinajstić information content (AvgIpc) is 3.84. The Morgan fingerprint density at radius 2 is 1.33 bits per heavy atom. The van der Waals surface area contributed by atoms with Crippen molar-refractivity contribution in [1.82, 2.24) is 4.57 Å². The van der Waals surface area contributed by atoms with E-state index in [0.29, 0.717) is 0 Å². The van der Waals surface area contributed by atoms with Crippen molar-refractivity contribution in [2.24, 2.45) is 0 Å². The lowest BCUT2D eigenvalue weighted by molar-refractivity contribution is 0.414. The lowest BCUT2D eigenvalue weighted by Crippen LogP contribution is -2.16. The van der Waals surface area contributed by atoms with Crippen LogP contribution in [0.1, 0.15) is 30.5 Å². The first-order chi connectivity index (χ1) is 23.9. The summed E-state index contributed by atoms with van der Waals surface area (Å²) in [6.07, 6.45) is 0. The normalized spacial score (nSPS) is 13.1. The summed E-state index contributed by atoms with van der Waals surface area (Å²) < 4.78 is 8.05. The molecule has 1 aliphatic rings. The van der Waals surface area contributed by atoms with Crippen LogP contribution in [0.5, 0.6) is 5.75 Å². The largest absolute Gasteiger partial charge is 0.497 e. The number of fused-ring (bicyclic) bond motifs is 6. The van der Waals surface area contributed by atoms with Crippen LogP contribution in [0.3, 0.4) is 0 Å². The standard InChI is InChI=1S/C45H36N2OS/c1-29-24-34(26-35(25-29)48-4)47-42-13-8-6-11-38(42)39-27-32(20-22-43(39)47)46(31-17-15-30(16-18-31)44-14-9-23-49-44)33-19-21-37-36-10-5-7-12-40(36)45(2,3)41(37)28-33/h5-28H,1-4H3. The fourth-order valence-corrected chi connectivity index (χ4v) is 8.58. The molecular formula is C45H36N2OS. The summed E-state index contributed by atoms with van der Waals surface area (Å²) in [5.41, 5.74) is 14.5. The van der Waals surface area contributed by atoms with Crippen molar-refractivity contribution in [2.45, 2.75) is 26.2 Å². The number of benzene rings is 6. The molecule has 9 rings (SSSR count). The predicted molar refractivity (Wildman–Crippen MR) is 208 cm³/mol. The molecule has 2 heterocycles. The van der Waals surface area contributed by atoms with Gasteiger partial charge in [-0.2, -0.15) is 0 Å². The fraction of sp³-hybridized carbons (Fsp3) is 0.111. The number of methoxy groups -OCH3 is 1. The minimum absolute atomic E-state index is 0.0944. The highest BCUT2D eigenvalue weighted by Crippen LogP contribution is 2.51. The maximum Gasteiger partial charge on any atom is 0.121 e. The third-order valence-corrected chi connectivity index (χ3v) is 11.1. The van der Waals surface area contributed by atoms with Gasteiger partial charge in [0.05, 0.1) is 23.8 Å². The number of ether oxygens (including phenoxy) is 1. The van der Waals surface area contributed by atoms with Gasteiger partial charge in [0.2, 0.25) is 0 Å². The van der Waals surface area contributed by atoms with E-state index in [0.717, 1.165) is 39.6 Å². The second-order valence-electron chi connectivity index (χ2n) is 13.5. The SMILES string of the molecule is COc1cc(C)cc(-n2c3ccccc3c3cc(N(c4ccc(-c5cccs5)cc4)c4ccc5c(c4)C(C)(C)c4ccccc4-5)ccc32)c1. The number of hydrogen-bond acceptors (Lipinski definition) is 3. The van der Waals surface area contributed by atoms with Gasteiger partial charge in [-0.1, -0.05) is 80.6 Å². The van der Waals surface area contributed by atoms with Crippen LogP contribution in [0.25, 0.3) is 49.1 Å². The molecule has 0 unspecified atom stereocenters. The molecule has 0 N–H and O–H groups in total. The number of para-hydroxylation sites is 1. The summed E-state index contributed by atoms with van der Waals surface area (Å²) in [6, 6.07) is 51.2. The van der Waals surface area contributed by atoms with E-state index in [4.69, 9.17) is 4.74 Å². The fourth-order valence-electron chi connectivity index (χ4n) is 7.85. The van der Waals surface area contributed by atoms with Crippen LogP contribution < -0.4 is 9.64 Å². The van der Waals surface area contributed by atoms with E-state index >= 15 is 0 Å². The molecule has 0 spiro atoms. The zero-order valence-corrected chi connectivity index (χ0v) is 28.9. The summed E-state index contributed by atoms with van der Waals surface area (Å²) in [6.45, 7) is 6.82. The highest BCUT2D eigenvalue weighted by Gasteiger charge is 2.35. The summed E-state index contributed by atoms with van der Waals surface area (Å²) in [5.74, 6) is 0.858. The van der Waals surface area contributed by atoms with Gasteiger partial charge in [0.15, 0.2) is 0 Å². The van der Waals surface area contributed by atoms with Crippen molar-refractivity contribution < 1.29 is 4.74 Å². The van der Waals surface area contributed by atoms with Gasteiger partial charge in [-0.15, -0.1) is 11.3 Å². The summed E-state index contributed by atoms with van der Waals surface area (Å²) in [7, 11) is 1.73. The Balaban J connectivity index is 1.25. The Kier molecular flexibility index (Phi) is 6.79. The quantitative estimate of drug-likeness (QED) is 0.178. The van der Waals surface area contributed by atoms with E-state index in [1.807, 2.05) is 0 Å².